The number of rotatable bonds is 5. The molecule has 0 unspecified atom stereocenters. The van der Waals surface area contributed by atoms with Crippen molar-refractivity contribution < 1.29 is 9.60 Å². The Bertz CT molecular complexity index is 437. The summed E-state index contributed by atoms with van der Waals surface area (Å²) >= 11 is 3.31. The lowest BCUT2D eigenvalue weighted by Gasteiger charge is -2.26. The van der Waals surface area contributed by atoms with Gasteiger partial charge in [-0.25, -0.2) is 4.39 Å². The number of nitrogens with zero attached hydrogens (tertiary/aromatic N) is 2. The van der Waals surface area contributed by atoms with Crippen LogP contribution in [-0.2, 0) is 6.54 Å². The van der Waals surface area contributed by atoms with Crippen molar-refractivity contribution in [3.8, 4) is 0 Å². The quantitative estimate of drug-likeness (QED) is 0.380. The van der Waals surface area contributed by atoms with E-state index in [1.165, 1.54) is 6.07 Å². The van der Waals surface area contributed by atoms with Gasteiger partial charge in [0.25, 0.3) is 0 Å². The lowest BCUT2D eigenvalue weighted by atomic mass is 10.1. The average molecular weight is 318 g/mol. The van der Waals surface area contributed by atoms with Crippen molar-refractivity contribution in [2.24, 2.45) is 10.9 Å². The summed E-state index contributed by atoms with van der Waals surface area (Å²) in [7, 11) is 0. The van der Waals surface area contributed by atoms with Crippen molar-refractivity contribution in [3.63, 3.8) is 0 Å². The zero-order chi connectivity index (χ0) is 13.7. The van der Waals surface area contributed by atoms with Crippen LogP contribution < -0.4 is 5.73 Å². The van der Waals surface area contributed by atoms with Crippen LogP contribution in [0, 0.1) is 5.82 Å². The number of hydrogen-bond donors (Lipinski definition) is 2. The molecule has 0 amide bonds. The molecule has 0 radical (unpaired) electrons. The van der Waals surface area contributed by atoms with E-state index >= 15 is 0 Å². The molecule has 0 fully saturated rings. The molecule has 0 saturated carbocycles. The van der Waals surface area contributed by atoms with Crippen LogP contribution in [0.3, 0.4) is 0 Å². The van der Waals surface area contributed by atoms with Crippen LogP contribution in [0.25, 0.3) is 0 Å². The molecule has 18 heavy (non-hydrogen) atoms. The summed E-state index contributed by atoms with van der Waals surface area (Å²) in [6.45, 7) is 4.64. The fourth-order valence-electron chi connectivity index (χ4n) is 1.54. The molecule has 0 spiro atoms. The van der Waals surface area contributed by atoms with Gasteiger partial charge in [0.2, 0.25) is 0 Å². The van der Waals surface area contributed by atoms with Gasteiger partial charge in [-0.1, -0.05) is 21.1 Å². The van der Waals surface area contributed by atoms with Crippen LogP contribution in [0.15, 0.2) is 27.8 Å². The van der Waals surface area contributed by atoms with E-state index in [9.17, 15) is 4.39 Å². The molecule has 0 aromatic heterocycles. The lowest BCUT2D eigenvalue weighted by Crippen LogP contribution is -2.38. The topological polar surface area (TPSA) is 61.8 Å². The Morgan fingerprint density at radius 1 is 1.56 bits per heavy atom. The lowest BCUT2D eigenvalue weighted by molar-refractivity contribution is 0.235. The second-order valence-electron chi connectivity index (χ2n) is 4.33. The summed E-state index contributed by atoms with van der Waals surface area (Å²) in [6.07, 6.45) is 0. The molecule has 3 N–H and O–H groups in total. The standard InChI is InChI=1S/C12H17BrFN3O/c1-8(2)17(7-12(15)16-18)6-9-5-10(13)3-4-11(9)14/h3-5,8,18H,6-7H2,1-2H3,(H2,15,16). The predicted molar refractivity (Wildman–Crippen MR) is 73.1 cm³/mol. The van der Waals surface area contributed by atoms with Crippen LogP contribution in [0.2, 0.25) is 0 Å². The minimum absolute atomic E-state index is 0.110. The highest BCUT2D eigenvalue weighted by Gasteiger charge is 2.14. The van der Waals surface area contributed by atoms with Gasteiger partial charge in [0.05, 0.1) is 6.54 Å². The normalized spacial score (nSPS) is 12.4. The molecule has 0 atom stereocenters. The van der Waals surface area contributed by atoms with E-state index in [4.69, 9.17) is 10.9 Å². The molecule has 4 nitrogen and oxygen atoms in total. The van der Waals surface area contributed by atoms with Gasteiger partial charge in [-0.05, 0) is 32.0 Å². The maximum atomic E-state index is 13.7. The van der Waals surface area contributed by atoms with Crippen molar-refractivity contribution >= 4 is 21.8 Å². The molecule has 0 aliphatic carbocycles. The minimum Gasteiger partial charge on any atom is -0.409 e. The molecule has 0 aliphatic heterocycles. The number of oxime groups is 1. The Hall–Kier alpha value is -1.14. The van der Waals surface area contributed by atoms with Gasteiger partial charge in [-0.3, -0.25) is 4.90 Å². The van der Waals surface area contributed by atoms with E-state index in [1.807, 2.05) is 18.7 Å². The molecule has 6 heteroatoms. The Morgan fingerprint density at radius 3 is 2.78 bits per heavy atom. The molecule has 0 aliphatic rings. The van der Waals surface area contributed by atoms with E-state index in [2.05, 4.69) is 21.1 Å². The summed E-state index contributed by atoms with van der Waals surface area (Å²) in [5.74, 6) is -0.150. The summed E-state index contributed by atoms with van der Waals surface area (Å²) in [6, 6.07) is 4.96. The molecular formula is C12H17BrFN3O. The second kappa shape index (κ2) is 6.70. The highest BCUT2D eigenvalue weighted by atomic mass is 79.9. The summed E-state index contributed by atoms with van der Waals surface area (Å²) in [5, 5.41) is 11.5. The molecular weight excluding hydrogens is 301 g/mol. The smallest absolute Gasteiger partial charge is 0.153 e. The van der Waals surface area contributed by atoms with Crippen molar-refractivity contribution in [3.05, 3.63) is 34.1 Å². The molecule has 1 aromatic rings. The van der Waals surface area contributed by atoms with E-state index in [1.54, 1.807) is 12.1 Å². The largest absolute Gasteiger partial charge is 0.409 e. The predicted octanol–water partition coefficient (Wildman–Crippen LogP) is 2.55. The van der Waals surface area contributed by atoms with Gasteiger partial charge in [-0.2, -0.15) is 0 Å². The molecule has 1 rings (SSSR count). The fraction of sp³-hybridized carbons (Fsp3) is 0.417. The first kappa shape index (κ1) is 14.9. The highest BCUT2D eigenvalue weighted by molar-refractivity contribution is 9.10. The maximum Gasteiger partial charge on any atom is 0.153 e. The first-order valence-electron chi connectivity index (χ1n) is 5.58. The minimum atomic E-state index is -0.261. The zero-order valence-corrected chi connectivity index (χ0v) is 12.0. The third-order valence-electron chi connectivity index (χ3n) is 2.61. The third kappa shape index (κ3) is 4.27. The van der Waals surface area contributed by atoms with Gasteiger partial charge >= 0.3 is 0 Å². The maximum absolute atomic E-state index is 13.7. The molecule has 100 valence electrons. The van der Waals surface area contributed by atoms with Crippen LogP contribution in [0.5, 0.6) is 0 Å². The van der Waals surface area contributed by atoms with Crippen LogP contribution in [0.4, 0.5) is 4.39 Å². The summed E-state index contributed by atoms with van der Waals surface area (Å²) in [4.78, 5) is 1.92. The SMILES string of the molecule is CC(C)N(CC(N)=NO)Cc1cc(Br)ccc1F. The van der Waals surface area contributed by atoms with E-state index < -0.39 is 0 Å². The van der Waals surface area contributed by atoms with Crippen molar-refractivity contribution in [1.82, 2.24) is 4.90 Å². The molecule has 0 bridgehead atoms. The number of amidine groups is 1. The first-order chi connectivity index (χ1) is 8.43. The van der Waals surface area contributed by atoms with Crippen LogP contribution >= 0.6 is 15.9 Å². The molecule has 1 aromatic carbocycles. The van der Waals surface area contributed by atoms with E-state index in [-0.39, 0.29) is 17.7 Å². The van der Waals surface area contributed by atoms with Crippen molar-refractivity contribution in [2.75, 3.05) is 6.54 Å². The Kier molecular flexibility index (Phi) is 5.55. The number of halogens is 2. The molecule has 0 heterocycles. The van der Waals surface area contributed by atoms with Crippen LogP contribution in [0.1, 0.15) is 19.4 Å². The Balaban J connectivity index is 2.86. The van der Waals surface area contributed by atoms with Gasteiger partial charge in [-0.15, -0.1) is 0 Å². The second-order valence-corrected chi connectivity index (χ2v) is 5.24. The number of nitrogens with two attached hydrogens (primary N) is 1. The number of hydrogen-bond acceptors (Lipinski definition) is 3. The fourth-order valence-corrected chi connectivity index (χ4v) is 1.95. The Labute approximate surface area is 114 Å². The number of benzene rings is 1. The summed E-state index contributed by atoms with van der Waals surface area (Å²) < 4.78 is 14.5. The van der Waals surface area contributed by atoms with Crippen LogP contribution in [-0.4, -0.2) is 28.5 Å². The van der Waals surface area contributed by atoms with E-state index in [0.717, 1.165) is 4.47 Å². The monoisotopic (exact) mass is 317 g/mol. The third-order valence-corrected chi connectivity index (χ3v) is 3.10. The van der Waals surface area contributed by atoms with Gasteiger partial charge in [0, 0.05) is 22.6 Å². The van der Waals surface area contributed by atoms with Gasteiger partial charge in [0.15, 0.2) is 5.84 Å². The van der Waals surface area contributed by atoms with Gasteiger partial charge in [0.1, 0.15) is 5.82 Å². The molecule has 0 saturated heterocycles. The van der Waals surface area contributed by atoms with Gasteiger partial charge < -0.3 is 10.9 Å². The van der Waals surface area contributed by atoms with Crippen molar-refractivity contribution in [2.45, 2.75) is 26.4 Å². The zero-order valence-electron chi connectivity index (χ0n) is 10.4. The summed E-state index contributed by atoms with van der Waals surface area (Å²) in [5.41, 5.74) is 6.06. The Morgan fingerprint density at radius 2 is 2.22 bits per heavy atom. The van der Waals surface area contributed by atoms with E-state index in [0.29, 0.717) is 18.7 Å². The highest BCUT2D eigenvalue weighted by Crippen LogP contribution is 2.18. The van der Waals surface area contributed by atoms with Crippen molar-refractivity contribution in [1.29, 1.82) is 0 Å². The first-order valence-corrected chi connectivity index (χ1v) is 6.37. The average Bonchev–Trinajstić information content (AvgIpc) is 2.32.